The molecule has 3 rings (SSSR count). The first kappa shape index (κ1) is 16.2. The van der Waals surface area contributed by atoms with Gasteiger partial charge < -0.3 is 14.7 Å². The van der Waals surface area contributed by atoms with Gasteiger partial charge in [-0.1, -0.05) is 12.1 Å². The van der Waals surface area contributed by atoms with Crippen molar-refractivity contribution in [3.63, 3.8) is 0 Å². The molecule has 1 aliphatic rings. The van der Waals surface area contributed by atoms with Crippen LogP contribution in [0.25, 0.3) is 0 Å². The van der Waals surface area contributed by atoms with E-state index in [4.69, 9.17) is 4.98 Å². The van der Waals surface area contributed by atoms with Gasteiger partial charge in [0.25, 0.3) is 0 Å². The summed E-state index contributed by atoms with van der Waals surface area (Å²) in [6, 6.07) is 8.32. The number of rotatable bonds is 5. The lowest BCUT2D eigenvalue weighted by molar-refractivity contribution is -0.118. The van der Waals surface area contributed by atoms with E-state index in [9.17, 15) is 4.79 Å². The Hall–Kier alpha value is -2.70. The molecular formula is C17H22N6O. The quantitative estimate of drug-likeness (QED) is 0.778. The van der Waals surface area contributed by atoms with E-state index < -0.39 is 0 Å². The standard InChI is InChI=1S/C17H22N6O/c1-3-23(15-6-4-5-14(2)11-15)16-12-18-20-17(19-16)22-9-7-21(13-24)8-10-22/h4-6,11-13H,3,7-10H2,1-2H3. The van der Waals surface area contributed by atoms with E-state index in [-0.39, 0.29) is 0 Å². The molecule has 0 N–H and O–H groups in total. The third kappa shape index (κ3) is 3.45. The molecule has 24 heavy (non-hydrogen) atoms. The van der Waals surface area contributed by atoms with Crippen molar-refractivity contribution in [2.45, 2.75) is 13.8 Å². The normalized spacial score (nSPS) is 14.6. The van der Waals surface area contributed by atoms with Crippen LogP contribution in [-0.4, -0.2) is 59.2 Å². The highest BCUT2D eigenvalue weighted by molar-refractivity contribution is 5.60. The number of carbonyl (C=O) groups excluding carboxylic acids is 1. The Kier molecular flexibility index (Phi) is 4.88. The molecule has 0 spiro atoms. The molecule has 1 saturated heterocycles. The Morgan fingerprint density at radius 2 is 2.04 bits per heavy atom. The minimum atomic E-state index is 0.615. The van der Waals surface area contributed by atoms with Gasteiger partial charge in [-0.2, -0.15) is 10.1 Å². The molecule has 126 valence electrons. The topological polar surface area (TPSA) is 65.5 Å². The molecule has 2 heterocycles. The molecule has 0 aliphatic carbocycles. The number of aryl methyl sites for hydroxylation is 1. The summed E-state index contributed by atoms with van der Waals surface area (Å²) in [5.74, 6) is 1.40. The van der Waals surface area contributed by atoms with Crippen molar-refractivity contribution in [1.29, 1.82) is 0 Å². The maximum atomic E-state index is 10.8. The molecule has 0 saturated carbocycles. The first-order valence-electron chi connectivity index (χ1n) is 8.19. The van der Waals surface area contributed by atoms with Crippen molar-refractivity contribution < 1.29 is 4.79 Å². The number of anilines is 3. The molecule has 1 aromatic carbocycles. The van der Waals surface area contributed by atoms with Crippen molar-refractivity contribution in [2.75, 3.05) is 42.5 Å². The molecule has 1 amide bonds. The summed E-state index contributed by atoms with van der Waals surface area (Å²) in [7, 11) is 0. The van der Waals surface area contributed by atoms with Gasteiger partial charge in [-0.05, 0) is 31.5 Å². The molecule has 0 radical (unpaired) electrons. The van der Waals surface area contributed by atoms with Crippen LogP contribution in [0.2, 0.25) is 0 Å². The number of nitrogens with zero attached hydrogens (tertiary/aromatic N) is 6. The fraction of sp³-hybridized carbons (Fsp3) is 0.412. The molecule has 0 bridgehead atoms. The van der Waals surface area contributed by atoms with Crippen molar-refractivity contribution in [1.82, 2.24) is 20.1 Å². The summed E-state index contributed by atoms with van der Waals surface area (Å²) in [6.45, 7) is 7.78. The molecule has 1 aromatic heterocycles. The van der Waals surface area contributed by atoms with Crippen LogP contribution >= 0.6 is 0 Å². The molecule has 7 heteroatoms. The predicted molar refractivity (Wildman–Crippen MR) is 93.5 cm³/mol. The van der Waals surface area contributed by atoms with E-state index in [1.807, 2.05) is 6.07 Å². The van der Waals surface area contributed by atoms with Crippen LogP contribution in [-0.2, 0) is 4.79 Å². The third-order valence-corrected chi connectivity index (χ3v) is 4.19. The zero-order valence-corrected chi connectivity index (χ0v) is 14.1. The number of hydrogen-bond donors (Lipinski definition) is 0. The lowest BCUT2D eigenvalue weighted by atomic mass is 10.2. The van der Waals surface area contributed by atoms with Crippen LogP contribution < -0.4 is 9.80 Å². The SMILES string of the molecule is CCN(c1cccc(C)c1)c1cnnc(N2CCN(C=O)CC2)n1. The van der Waals surface area contributed by atoms with Crippen molar-refractivity contribution >= 4 is 23.9 Å². The summed E-state index contributed by atoms with van der Waals surface area (Å²) in [5, 5.41) is 8.31. The Morgan fingerprint density at radius 1 is 1.25 bits per heavy atom. The number of hydrogen-bond acceptors (Lipinski definition) is 6. The second-order valence-electron chi connectivity index (χ2n) is 5.83. The van der Waals surface area contributed by atoms with Gasteiger partial charge >= 0.3 is 0 Å². The minimum absolute atomic E-state index is 0.615. The lowest BCUT2D eigenvalue weighted by Crippen LogP contribution is -2.46. The monoisotopic (exact) mass is 326 g/mol. The summed E-state index contributed by atoms with van der Waals surface area (Å²) >= 11 is 0. The zero-order valence-electron chi connectivity index (χ0n) is 14.1. The van der Waals surface area contributed by atoms with E-state index in [1.54, 1.807) is 11.1 Å². The van der Waals surface area contributed by atoms with Gasteiger partial charge in [-0.15, -0.1) is 5.10 Å². The molecular weight excluding hydrogens is 304 g/mol. The fourth-order valence-corrected chi connectivity index (χ4v) is 2.85. The maximum Gasteiger partial charge on any atom is 0.247 e. The van der Waals surface area contributed by atoms with Crippen molar-refractivity contribution in [2.24, 2.45) is 0 Å². The summed E-state index contributed by atoms with van der Waals surface area (Å²) < 4.78 is 0. The molecule has 1 aliphatic heterocycles. The average Bonchev–Trinajstić information content (AvgIpc) is 2.63. The second kappa shape index (κ2) is 7.25. The fourth-order valence-electron chi connectivity index (χ4n) is 2.85. The summed E-state index contributed by atoms with van der Waals surface area (Å²) in [4.78, 5) is 21.5. The van der Waals surface area contributed by atoms with Gasteiger partial charge in [0, 0.05) is 38.4 Å². The highest BCUT2D eigenvalue weighted by Crippen LogP contribution is 2.24. The number of amides is 1. The first-order chi connectivity index (χ1) is 11.7. The highest BCUT2D eigenvalue weighted by Gasteiger charge is 2.19. The number of piperazine rings is 1. The van der Waals surface area contributed by atoms with E-state index in [0.717, 1.165) is 37.5 Å². The average molecular weight is 326 g/mol. The van der Waals surface area contributed by atoms with Crippen molar-refractivity contribution in [3.8, 4) is 0 Å². The van der Waals surface area contributed by atoms with Crippen LogP contribution in [0.15, 0.2) is 30.5 Å². The van der Waals surface area contributed by atoms with Crippen LogP contribution in [0, 0.1) is 6.92 Å². The van der Waals surface area contributed by atoms with Gasteiger partial charge in [-0.3, -0.25) is 4.79 Å². The van der Waals surface area contributed by atoms with Gasteiger partial charge in [0.1, 0.15) is 0 Å². The summed E-state index contributed by atoms with van der Waals surface area (Å²) in [6.07, 6.45) is 2.58. The molecule has 0 atom stereocenters. The number of carbonyl (C=O) groups is 1. The van der Waals surface area contributed by atoms with Crippen LogP contribution in [0.1, 0.15) is 12.5 Å². The Balaban J connectivity index is 1.82. The van der Waals surface area contributed by atoms with Gasteiger partial charge in [0.2, 0.25) is 12.4 Å². The van der Waals surface area contributed by atoms with Crippen LogP contribution in [0.5, 0.6) is 0 Å². The van der Waals surface area contributed by atoms with Gasteiger partial charge in [-0.25, -0.2) is 0 Å². The van der Waals surface area contributed by atoms with E-state index in [1.165, 1.54) is 5.56 Å². The molecule has 7 nitrogen and oxygen atoms in total. The third-order valence-electron chi connectivity index (χ3n) is 4.19. The Bertz CT molecular complexity index is 699. The largest absolute Gasteiger partial charge is 0.342 e. The minimum Gasteiger partial charge on any atom is -0.342 e. The number of benzene rings is 1. The van der Waals surface area contributed by atoms with Crippen molar-refractivity contribution in [3.05, 3.63) is 36.0 Å². The van der Waals surface area contributed by atoms with E-state index in [0.29, 0.717) is 19.0 Å². The predicted octanol–water partition coefficient (Wildman–Crippen LogP) is 1.62. The molecule has 2 aromatic rings. The molecule has 0 unspecified atom stereocenters. The number of aromatic nitrogens is 3. The molecule has 1 fully saturated rings. The van der Waals surface area contributed by atoms with Gasteiger partial charge in [0.15, 0.2) is 5.82 Å². The van der Waals surface area contributed by atoms with E-state index in [2.05, 4.69) is 52.0 Å². The summed E-state index contributed by atoms with van der Waals surface area (Å²) in [5.41, 5.74) is 2.30. The maximum absolute atomic E-state index is 10.8. The first-order valence-corrected chi connectivity index (χ1v) is 8.19. The zero-order chi connectivity index (χ0) is 16.9. The van der Waals surface area contributed by atoms with E-state index >= 15 is 0 Å². The smallest absolute Gasteiger partial charge is 0.247 e. The highest BCUT2D eigenvalue weighted by atomic mass is 16.1. The van der Waals surface area contributed by atoms with Crippen LogP contribution in [0.3, 0.4) is 0 Å². The van der Waals surface area contributed by atoms with Gasteiger partial charge in [0.05, 0.1) is 6.20 Å². The lowest BCUT2D eigenvalue weighted by Gasteiger charge is -2.32. The van der Waals surface area contributed by atoms with Crippen LogP contribution in [0.4, 0.5) is 17.5 Å². The Labute approximate surface area is 141 Å². The Morgan fingerprint density at radius 3 is 2.71 bits per heavy atom. The second-order valence-corrected chi connectivity index (χ2v) is 5.83.